The summed E-state index contributed by atoms with van der Waals surface area (Å²) in [6.07, 6.45) is 0.803. The Bertz CT molecular complexity index is 437. The molecule has 2 rings (SSSR count). The number of aliphatic hydroxyl groups excluding tert-OH is 1. The van der Waals surface area contributed by atoms with Gasteiger partial charge in [0.05, 0.1) is 6.26 Å². The van der Waals surface area contributed by atoms with Crippen LogP contribution in [0.25, 0.3) is 0 Å². The largest absolute Gasteiger partial charge is 0.466 e. The van der Waals surface area contributed by atoms with Crippen molar-refractivity contribution in [1.29, 1.82) is 0 Å². The van der Waals surface area contributed by atoms with Gasteiger partial charge in [0.25, 0.3) is 0 Å². The fraction of sp³-hybridized carbons (Fsp3) is 0.222. The highest BCUT2D eigenvalue weighted by atomic mass is 79.9. The van der Waals surface area contributed by atoms with Gasteiger partial charge < -0.3 is 9.52 Å². The molecule has 0 radical (unpaired) electrons. The number of hydrogen-bond donors (Lipinski definition) is 1. The Morgan fingerprint density at radius 2 is 2.43 bits per heavy atom. The van der Waals surface area contributed by atoms with Gasteiger partial charge in [-0.05, 0) is 34.5 Å². The minimum Gasteiger partial charge on any atom is -0.466 e. The van der Waals surface area contributed by atoms with Crippen molar-refractivity contribution in [1.82, 2.24) is 4.98 Å². The van der Waals surface area contributed by atoms with Gasteiger partial charge in [0.2, 0.25) is 0 Å². The number of halogens is 1. The van der Waals surface area contributed by atoms with Gasteiger partial charge in [0.15, 0.2) is 6.10 Å². The van der Waals surface area contributed by atoms with E-state index in [1.54, 1.807) is 6.26 Å². The van der Waals surface area contributed by atoms with Gasteiger partial charge in [-0.2, -0.15) is 0 Å². The molecule has 74 valence electrons. The second-order valence-electron chi connectivity index (χ2n) is 2.88. The van der Waals surface area contributed by atoms with E-state index in [0.29, 0.717) is 10.8 Å². The SMILES string of the molecule is Cc1ccoc1C(O)c1nc(Br)cs1. The molecule has 0 aliphatic carbocycles. The molecule has 1 N–H and O–H groups in total. The van der Waals surface area contributed by atoms with Crippen LogP contribution in [0.2, 0.25) is 0 Å². The fourth-order valence-corrected chi connectivity index (χ4v) is 2.42. The van der Waals surface area contributed by atoms with E-state index in [-0.39, 0.29) is 0 Å². The highest BCUT2D eigenvalue weighted by molar-refractivity contribution is 9.10. The molecule has 14 heavy (non-hydrogen) atoms. The van der Waals surface area contributed by atoms with Gasteiger partial charge in [0, 0.05) is 5.38 Å². The highest BCUT2D eigenvalue weighted by Crippen LogP contribution is 2.28. The second kappa shape index (κ2) is 3.84. The molecule has 2 heterocycles. The molecule has 5 heteroatoms. The van der Waals surface area contributed by atoms with Gasteiger partial charge in [-0.15, -0.1) is 11.3 Å². The molecule has 0 amide bonds. The normalized spacial score (nSPS) is 13.1. The first-order chi connectivity index (χ1) is 6.68. The zero-order valence-corrected chi connectivity index (χ0v) is 9.80. The van der Waals surface area contributed by atoms with Crippen LogP contribution in [-0.4, -0.2) is 10.1 Å². The first-order valence-corrected chi connectivity index (χ1v) is 5.68. The van der Waals surface area contributed by atoms with Crippen molar-refractivity contribution in [2.75, 3.05) is 0 Å². The van der Waals surface area contributed by atoms with Crippen molar-refractivity contribution in [3.05, 3.63) is 38.6 Å². The molecule has 1 atom stereocenters. The van der Waals surface area contributed by atoms with Gasteiger partial charge in [0.1, 0.15) is 15.4 Å². The molecule has 0 aliphatic heterocycles. The summed E-state index contributed by atoms with van der Waals surface area (Å²) >= 11 is 4.64. The van der Waals surface area contributed by atoms with E-state index in [4.69, 9.17) is 4.42 Å². The molecule has 0 spiro atoms. The molecule has 0 aromatic carbocycles. The predicted octanol–water partition coefficient (Wildman–Crippen LogP) is 2.89. The van der Waals surface area contributed by atoms with Crippen LogP contribution in [0.15, 0.2) is 26.7 Å². The average Bonchev–Trinajstić information content (AvgIpc) is 2.73. The summed E-state index contributed by atoms with van der Waals surface area (Å²) in [5.74, 6) is 0.562. The van der Waals surface area contributed by atoms with Crippen molar-refractivity contribution in [2.24, 2.45) is 0 Å². The third-order valence-electron chi connectivity index (χ3n) is 1.88. The summed E-state index contributed by atoms with van der Waals surface area (Å²) < 4.78 is 5.93. The smallest absolute Gasteiger partial charge is 0.163 e. The molecule has 0 saturated carbocycles. The van der Waals surface area contributed by atoms with Gasteiger partial charge in [-0.25, -0.2) is 4.98 Å². The molecule has 2 aromatic rings. The maximum absolute atomic E-state index is 9.91. The van der Waals surface area contributed by atoms with E-state index in [9.17, 15) is 5.11 Å². The van der Waals surface area contributed by atoms with Crippen molar-refractivity contribution < 1.29 is 9.52 Å². The average molecular weight is 274 g/mol. The van der Waals surface area contributed by atoms with E-state index in [1.165, 1.54) is 11.3 Å². The van der Waals surface area contributed by atoms with Crippen molar-refractivity contribution in [3.63, 3.8) is 0 Å². The van der Waals surface area contributed by atoms with Crippen LogP contribution in [0, 0.1) is 6.92 Å². The Balaban J connectivity index is 2.33. The molecule has 3 nitrogen and oxygen atoms in total. The third kappa shape index (κ3) is 1.75. The van der Waals surface area contributed by atoms with E-state index >= 15 is 0 Å². The Labute approximate surface area is 93.5 Å². The molecular weight excluding hydrogens is 266 g/mol. The van der Waals surface area contributed by atoms with Crippen LogP contribution in [0.4, 0.5) is 0 Å². The summed E-state index contributed by atoms with van der Waals surface area (Å²) in [4.78, 5) is 4.13. The molecule has 2 aromatic heterocycles. The van der Waals surface area contributed by atoms with Crippen LogP contribution >= 0.6 is 27.3 Å². The molecular formula is C9H8BrNO2S. The highest BCUT2D eigenvalue weighted by Gasteiger charge is 2.19. The van der Waals surface area contributed by atoms with Crippen molar-refractivity contribution in [3.8, 4) is 0 Å². The van der Waals surface area contributed by atoms with Gasteiger partial charge >= 0.3 is 0 Å². The number of rotatable bonds is 2. The van der Waals surface area contributed by atoms with Crippen LogP contribution in [0.3, 0.4) is 0 Å². The summed E-state index contributed by atoms with van der Waals surface area (Å²) in [5, 5.41) is 12.4. The maximum Gasteiger partial charge on any atom is 0.163 e. The van der Waals surface area contributed by atoms with Crippen LogP contribution in [0.5, 0.6) is 0 Å². The monoisotopic (exact) mass is 273 g/mol. The lowest BCUT2D eigenvalue weighted by Gasteiger charge is -2.04. The van der Waals surface area contributed by atoms with Crippen molar-refractivity contribution in [2.45, 2.75) is 13.0 Å². The number of aliphatic hydroxyl groups is 1. The second-order valence-corrected chi connectivity index (χ2v) is 4.58. The minimum atomic E-state index is -0.763. The van der Waals surface area contributed by atoms with E-state index in [2.05, 4.69) is 20.9 Å². The number of aromatic nitrogens is 1. The Morgan fingerprint density at radius 3 is 2.93 bits per heavy atom. The number of aryl methyl sites for hydroxylation is 1. The zero-order valence-electron chi connectivity index (χ0n) is 7.40. The molecule has 0 bridgehead atoms. The van der Waals surface area contributed by atoms with E-state index in [0.717, 1.165) is 10.2 Å². The van der Waals surface area contributed by atoms with Gasteiger partial charge in [-0.1, -0.05) is 0 Å². The Morgan fingerprint density at radius 1 is 1.64 bits per heavy atom. The summed E-state index contributed by atoms with van der Waals surface area (Å²) in [7, 11) is 0. The van der Waals surface area contributed by atoms with E-state index in [1.807, 2.05) is 18.4 Å². The maximum atomic E-state index is 9.91. The Hall–Kier alpha value is -0.650. The number of thiazole rings is 1. The standard InChI is InChI=1S/C9H8BrNO2S/c1-5-2-3-13-8(5)7(12)9-11-6(10)4-14-9/h2-4,7,12H,1H3. The van der Waals surface area contributed by atoms with Crippen molar-refractivity contribution >= 4 is 27.3 Å². The third-order valence-corrected chi connectivity index (χ3v) is 3.48. The topological polar surface area (TPSA) is 46.3 Å². The lowest BCUT2D eigenvalue weighted by Crippen LogP contribution is -1.98. The Kier molecular flexibility index (Phi) is 2.71. The zero-order chi connectivity index (χ0) is 10.1. The first-order valence-electron chi connectivity index (χ1n) is 4.01. The predicted molar refractivity (Wildman–Crippen MR) is 57.3 cm³/mol. The summed E-state index contributed by atoms with van der Waals surface area (Å²) in [5.41, 5.74) is 0.934. The summed E-state index contributed by atoms with van der Waals surface area (Å²) in [6, 6.07) is 1.82. The molecule has 0 fully saturated rings. The number of furan rings is 1. The lowest BCUT2D eigenvalue weighted by atomic mass is 10.2. The van der Waals surface area contributed by atoms with E-state index < -0.39 is 6.10 Å². The number of nitrogens with zero attached hydrogens (tertiary/aromatic N) is 1. The minimum absolute atomic E-state index is 0.562. The summed E-state index contributed by atoms with van der Waals surface area (Å²) in [6.45, 7) is 1.89. The van der Waals surface area contributed by atoms with Crippen LogP contribution in [0.1, 0.15) is 22.4 Å². The lowest BCUT2D eigenvalue weighted by molar-refractivity contribution is 0.188. The molecule has 0 saturated heterocycles. The van der Waals surface area contributed by atoms with Gasteiger partial charge in [-0.3, -0.25) is 0 Å². The quantitative estimate of drug-likeness (QED) is 0.915. The number of hydrogen-bond acceptors (Lipinski definition) is 4. The molecule has 0 aliphatic rings. The van der Waals surface area contributed by atoms with Crippen LogP contribution < -0.4 is 0 Å². The first kappa shape index (κ1) is 9.89. The van der Waals surface area contributed by atoms with Crippen LogP contribution in [-0.2, 0) is 0 Å². The fourth-order valence-electron chi connectivity index (χ4n) is 1.17. The molecule has 1 unspecified atom stereocenters.